The van der Waals surface area contributed by atoms with E-state index in [2.05, 4.69) is 5.32 Å². The maximum atomic E-state index is 12.4. The standard InChI is InChI=1S/C14H27F3N2O2/c1-5-8-19(10-14(15,16)17)9-6-7-13(4,12(20)21)18-11(2)3/h11,18H,5-10H2,1-4H3,(H,20,21). The Hall–Kier alpha value is -0.820. The van der Waals surface area contributed by atoms with Crippen LogP contribution in [0.3, 0.4) is 0 Å². The molecule has 0 aliphatic heterocycles. The largest absolute Gasteiger partial charge is 0.480 e. The minimum Gasteiger partial charge on any atom is -0.480 e. The number of hydrogen-bond acceptors (Lipinski definition) is 3. The highest BCUT2D eigenvalue weighted by Gasteiger charge is 2.34. The molecule has 0 spiro atoms. The molecule has 0 aromatic rings. The van der Waals surface area contributed by atoms with Crippen molar-refractivity contribution in [2.24, 2.45) is 0 Å². The number of alkyl halides is 3. The number of carboxylic acids is 1. The average molecular weight is 312 g/mol. The van der Waals surface area contributed by atoms with Gasteiger partial charge in [-0.1, -0.05) is 6.92 Å². The van der Waals surface area contributed by atoms with Gasteiger partial charge in [0.05, 0.1) is 6.54 Å². The molecule has 0 aliphatic rings. The summed E-state index contributed by atoms with van der Waals surface area (Å²) in [6, 6.07) is -0.00646. The zero-order chi connectivity index (χ0) is 16.7. The number of carboxylic acid groups (broad SMARTS) is 1. The monoisotopic (exact) mass is 312 g/mol. The second kappa shape index (κ2) is 8.58. The summed E-state index contributed by atoms with van der Waals surface area (Å²) in [4.78, 5) is 12.7. The maximum Gasteiger partial charge on any atom is 0.401 e. The fraction of sp³-hybridized carbons (Fsp3) is 0.929. The Bertz CT molecular complexity index is 322. The lowest BCUT2D eigenvalue weighted by Gasteiger charge is -2.30. The quantitative estimate of drug-likeness (QED) is 0.651. The van der Waals surface area contributed by atoms with Crippen LogP contribution in [0.4, 0.5) is 13.2 Å². The van der Waals surface area contributed by atoms with Crippen molar-refractivity contribution in [3.05, 3.63) is 0 Å². The summed E-state index contributed by atoms with van der Waals surface area (Å²) in [5.74, 6) is -0.978. The van der Waals surface area contributed by atoms with E-state index in [9.17, 15) is 23.1 Å². The molecule has 1 unspecified atom stereocenters. The molecule has 2 N–H and O–H groups in total. The molecular weight excluding hydrogens is 285 g/mol. The van der Waals surface area contributed by atoms with Gasteiger partial charge in [-0.05, 0) is 53.1 Å². The molecule has 0 saturated carbocycles. The fourth-order valence-corrected chi connectivity index (χ4v) is 2.37. The minimum atomic E-state index is -4.22. The first-order chi connectivity index (χ1) is 9.50. The Labute approximate surface area is 124 Å². The number of nitrogens with one attached hydrogen (secondary N) is 1. The van der Waals surface area contributed by atoms with Crippen LogP contribution in [0.1, 0.15) is 47.0 Å². The molecule has 0 aromatic carbocycles. The lowest BCUT2D eigenvalue weighted by molar-refractivity contribution is -0.148. The highest BCUT2D eigenvalue weighted by atomic mass is 19.4. The molecule has 126 valence electrons. The first-order valence-corrected chi connectivity index (χ1v) is 7.30. The Morgan fingerprint density at radius 1 is 1.29 bits per heavy atom. The van der Waals surface area contributed by atoms with Gasteiger partial charge in [-0.25, -0.2) is 0 Å². The zero-order valence-corrected chi connectivity index (χ0v) is 13.3. The van der Waals surface area contributed by atoms with E-state index in [1.54, 1.807) is 6.92 Å². The van der Waals surface area contributed by atoms with Gasteiger partial charge in [-0.2, -0.15) is 13.2 Å². The molecule has 4 nitrogen and oxygen atoms in total. The molecular formula is C14H27F3N2O2. The highest BCUT2D eigenvalue weighted by molar-refractivity contribution is 5.78. The van der Waals surface area contributed by atoms with Crippen LogP contribution < -0.4 is 5.32 Å². The zero-order valence-electron chi connectivity index (χ0n) is 13.3. The van der Waals surface area contributed by atoms with Crippen LogP contribution in [0, 0.1) is 0 Å². The summed E-state index contributed by atoms with van der Waals surface area (Å²) in [7, 11) is 0. The van der Waals surface area contributed by atoms with E-state index < -0.39 is 24.2 Å². The predicted octanol–water partition coefficient (Wildman–Crippen LogP) is 2.88. The smallest absolute Gasteiger partial charge is 0.401 e. The van der Waals surface area contributed by atoms with Crippen LogP contribution >= 0.6 is 0 Å². The van der Waals surface area contributed by atoms with Crippen molar-refractivity contribution in [3.63, 3.8) is 0 Å². The summed E-state index contributed by atoms with van der Waals surface area (Å²) < 4.78 is 37.3. The summed E-state index contributed by atoms with van der Waals surface area (Å²) in [5, 5.41) is 12.2. The van der Waals surface area contributed by atoms with Gasteiger partial charge < -0.3 is 5.11 Å². The van der Waals surface area contributed by atoms with Crippen molar-refractivity contribution in [2.45, 2.75) is 64.7 Å². The third-order valence-electron chi connectivity index (χ3n) is 3.17. The highest BCUT2D eigenvalue weighted by Crippen LogP contribution is 2.19. The normalized spacial score (nSPS) is 15.5. The summed E-state index contributed by atoms with van der Waals surface area (Å²) in [5.41, 5.74) is -1.11. The molecule has 0 saturated heterocycles. The minimum absolute atomic E-state index is 0.00646. The summed E-state index contributed by atoms with van der Waals surface area (Å²) in [6.07, 6.45) is -2.89. The van der Waals surface area contributed by atoms with Gasteiger partial charge in [0.25, 0.3) is 0 Å². The maximum absolute atomic E-state index is 12.4. The van der Waals surface area contributed by atoms with E-state index >= 15 is 0 Å². The molecule has 0 heterocycles. The van der Waals surface area contributed by atoms with Gasteiger partial charge in [-0.3, -0.25) is 15.0 Å². The molecule has 7 heteroatoms. The number of rotatable bonds is 10. The Kier molecular flexibility index (Phi) is 8.25. The molecule has 0 fully saturated rings. The van der Waals surface area contributed by atoms with Gasteiger partial charge in [0, 0.05) is 6.04 Å². The molecule has 0 rings (SSSR count). The number of carbonyl (C=O) groups is 1. The molecule has 1 atom stereocenters. The van der Waals surface area contributed by atoms with Gasteiger partial charge >= 0.3 is 12.1 Å². The Morgan fingerprint density at radius 3 is 2.24 bits per heavy atom. The van der Waals surface area contributed by atoms with E-state index in [1.807, 2.05) is 20.8 Å². The van der Waals surface area contributed by atoms with Crippen LogP contribution in [0.2, 0.25) is 0 Å². The number of nitrogens with zero attached hydrogens (tertiary/aromatic N) is 1. The molecule has 0 radical (unpaired) electrons. The van der Waals surface area contributed by atoms with E-state index in [-0.39, 0.29) is 12.6 Å². The van der Waals surface area contributed by atoms with E-state index in [0.717, 1.165) is 0 Å². The molecule has 0 bridgehead atoms. The second-order valence-corrected chi connectivity index (χ2v) is 5.93. The molecule has 0 aliphatic carbocycles. The van der Waals surface area contributed by atoms with E-state index in [4.69, 9.17) is 0 Å². The van der Waals surface area contributed by atoms with E-state index in [1.165, 1.54) is 4.90 Å². The van der Waals surface area contributed by atoms with Crippen molar-refractivity contribution < 1.29 is 23.1 Å². The fourth-order valence-electron chi connectivity index (χ4n) is 2.37. The first-order valence-electron chi connectivity index (χ1n) is 7.30. The van der Waals surface area contributed by atoms with Crippen molar-refractivity contribution in [1.29, 1.82) is 0 Å². The van der Waals surface area contributed by atoms with Crippen LogP contribution in [0.15, 0.2) is 0 Å². The van der Waals surface area contributed by atoms with E-state index in [0.29, 0.717) is 25.8 Å². The van der Waals surface area contributed by atoms with Crippen LogP contribution in [-0.4, -0.2) is 53.4 Å². The molecule has 0 aromatic heterocycles. The van der Waals surface area contributed by atoms with Crippen molar-refractivity contribution >= 4 is 5.97 Å². The Balaban J connectivity index is 4.48. The van der Waals surface area contributed by atoms with Crippen molar-refractivity contribution in [2.75, 3.05) is 19.6 Å². The number of halogens is 3. The van der Waals surface area contributed by atoms with Crippen LogP contribution in [-0.2, 0) is 4.79 Å². The SMILES string of the molecule is CCCN(CCCC(C)(NC(C)C)C(=O)O)CC(F)(F)F. The van der Waals surface area contributed by atoms with Gasteiger partial charge in [0.2, 0.25) is 0 Å². The summed E-state index contributed by atoms with van der Waals surface area (Å²) >= 11 is 0. The summed E-state index contributed by atoms with van der Waals surface area (Å²) in [6.45, 7) is 6.75. The van der Waals surface area contributed by atoms with Gasteiger partial charge in [-0.15, -0.1) is 0 Å². The van der Waals surface area contributed by atoms with Gasteiger partial charge in [0.1, 0.15) is 5.54 Å². The van der Waals surface area contributed by atoms with Crippen molar-refractivity contribution in [3.8, 4) is 0 Å². The van der Waals surface area contributed by atoms with Gasteiger partial charge in [0.15, 0.2) is 0 Å². The molecule has 0 amide bonds. The first kappa shape index (κ1) is 20.2. The topological polar surface area (TPSA) is 52.6 Å². The predicted molar refractivity (Wildman–Crippen MR) is 76.3 cm³/mol. The second-order valence-electron chi connectivity index (χ2n) is 5.93. The average Bonchev–Trinajstić information content (AvgIpc) is 2.25. The van der Waals surface area contributed by atoms with Crippen molar-refractivity contribution in [1.82, 2.24) is 10.2 Å². The third-order valence-corrected chi connectivity index (χ3v) is 3.17. The lowest BCUT2D eigenvalue weighted by Crippen LogP contribution is -2.52. The third kappa shape index (κ3) is 8.93. The van der Waals surface area contributed by atoms with Crippen LogP contribution in [0.25, 0.3) is 0 Å². The van der Waals surface area contributed by atoms with Crippen LogP contribution in [0.5, 0.6) is 0 Å². The lowest BCUT2D eigenvalue weighted by atomic mass is 9.94. The number of aliphatic carboxylic acids is 1. The Morgan fingerprint density at radius 2 is 1.86 bits per heavy atom. The molecule has 21 heavy (non-hydrogen) atoms. The number of hydrogen-bond donors (Lipinski definition) is 2.